The van der Waals surface area contributed by atoms with Crippen LogP contribution >= 0.6 is 15.9 Å². The molecule has 1 heterocycles. The number of carbonyl (C=O) groups is 2. The minimum Gasteiger partial charge on any atom is -0.481 e. The Hall–Kier alpha value is -2.60. The van der Waals surface area contributed by atoms with Gasteiger partial charge in [-0.1, -0.05) is 34.1 Å². The average Bonchev–Trinajstić information content (AvgIpc) is 2.82. The number of benzene rings is 2. The second-order valence-electron chi connectivity index (χ2n) is 4.92. The van der Waals surface area contributed by atoms with E-state index < -0.39 is 12.6 Å². The third kappa shape index (κ3) is 3.27. The quantitative estimate of drug-likeness (QED) is 0.805. The Morgan fingerprint density at radius 3 is 2.83 bits per heavy atom. The lowest BCUT2D eigenvalue weighted by molar-refractivity contribution is -0.139. The molecule has 5 nitrogen and oxygen atoms in total. The second kappa shape index (κ2) is 6.26. The first-order valence-corrected chi connectivity index (χ1v) is 7.60. The van der Waals surface area contributed by atoms with E-state index in [1.54, 1.807) is 24.3 Å². The second-order valence-corrected chi connectivity index (χ2v) is 5.84. The standard InChI is InChI=1S/C17H12BrNO4/c18-11-5-6-15(23-9-16(20)21)10(7-11)8-13-12-3-1-2-4-14(12)19-17(13)22/h1-8H,9H2,(H,19,22)(H,20,21)/b13-8-. The maximum absolute atomic E-state index is 12.2. The van der Waals surface area contributed by atoms with Gasteiger partial charge in [0, 0.05) is 26.9 Å². The van der Waals surface area contributed by atoms with Gasteiger partial charge in [0.15, 0.2) is 6.61 Å². The van der Waals surface area contributed by atoms with E-state index in [9.17, 15) is 9.59 Å². The number of carbonyl (C=O) groups excluding carboxylic acids is 1. The molecule has 23 heavy (non-hydrogen) atoms. The Labute approximate surface area is 140 Å². The average molecular weight is 374 g/mol. The number of fused-ring (bicyclic) bond motifs is 1. The SMILES string of the molecule is O=C(O)COc1ccc(Br)cc1/C=C1\C(=O)Nc2ccccc21. The molecular formula is C17H12BrNO4. The molecule has 6 heteroatoms. The number of amides is 1. The molecule has 1 aliphatic heterocycles. The molecule has 2 aromatic rings. The minimum absolute atomic E-state index is 0.199. The third-order valence-corrected chi connectivity index (χ3v) is 3.83. The first kappa shape index (κ1) is 15.3. The number of carboxylic acids is 1. The van der Waals surface area contributed by atoms with Gasteiger partial charge in [0.2, 0.25) is 0 Å². The fraction of sp³-hybridized carbons (Fsp3) is 0.0588. The van der Waals surface area contributed by atoms with Crippen molar-refractivity contribution in [2.24, 2.45) is 0 Å². The summed E-state index contributed by atoms with van der Waals surface area (Å²) < 4.78 is 6.09. The number of aliphatic carboxylic acids is 1. The Balaban J connectivity index is 2.03. The van der Waals surface area contributed by atoms with E-state index in [0.29, 0.717) is 16.9 Å². The van der Waals surface area contributed by atoms with Gasteiger partial charge in [-0.25, -0.2) is 4.79 Å². The van der Waals surface area contributed by atoms with Crippen molar-refractivity contribution >= 4 is 45.1 Å². The lowest BCUT2D eigenvalue weighted by Gasteiger charge is -2.08. The topological polar surface area (TPSA) is 75.6 Å². The smallest absolute Gasteiger partial charge is 0.341 e. The number of rotatable bonds is 4. The van der Waals surface area contributed by atoms with Crippen molar-refractivity contribution in [3.05, 3.63) is 58.1 Å². The number of para-hydroxylation sites is 1. The van der Waals surface area contributed by atoms with Crippen molar-refractivity contribution in [1.82, 2.24) is 0 Å². The fourth-order valence-corrected chi connectivity index (χ4v) is 2.72. The van der Waals surface area contributed by atoms with E-state index in [1.807, 2.05) is 24.3 Å². The van der Waals surface area contributed by atoms with Gasteiger partial charge in [-0.05, 0) is 30.3 Å². The largest absolute Gasteiger partial charge is 0.481 e. The van der Waals surface area contributed by atoms with E-state index in [0.717, 1.165) is 15.7 Å². The molecule has 0 spiro atoms. The van der Waals surface area contributed by atoms with Gasteiger partial charge in [-0.2, -0.15) is 0 Å². The molecule has 1 amide bonds. The summed E-state index contributed by atoms with van der Waals surface area (Å²) in [5.41, 5.74) is 2.70. The van der Waals surface area contributed by atoms with E-state index >= 15 is 0 Å². The molecule has 3 rings (SSSR count). The number of hydrogen-bond acceptors (Lipinski definition) is 3. The molecule has 0 unspecified atom stereocenters. The summed E-state index contributed by atoms with van der Waals surface area (Å²) in [5, 5.41) is 11.6. The molecule has 0 atom stereocenters. The highest BCUT2D eigenvalue weighted by Gasteiger charge is 2.23. The molecule has 0 saturated heterocycles. The molecule has 0 radical (unpaired) electrons. The Morgan fingerprint density at radius 1 is 1.26 bits per heavy atom. The number of hydrogen-bond donors (Lipinski definition) is 2. The summed E-state index contributed by atoms with van der Waals surface area (Å²) >= 11 is 3.37. The van der Waals surface area contributed by atoms with Crippen molar-refractivity contribution < 1.29 is 19.4 Å². The van der Waals surface area contributed by atoms with Crippen molar-refractivity contribution in [2.75, 3.05) is 11.9 Å². The van der Waals surface area contributed by atoms with Gasteiger partial charge in [0.05, 0.1) is 0 Å². The molecule has 1 aliphatic rings. The van der Waals surface area contributed by atoms with Crippen LogP contribution in [0.2, 0.25) is 0 Å². The summed E-state index contributed by atoms with van der Waals surface area (Å²) in [6.45, 7) is -0.444. The molecule has 2 aromatic carbocycles. The monoisotopic (exact) mass is 373 g/mol. The predicted molar refractivity (Wildman–Crippen MR) is 90.2 cm³/mol. The zero-order valence-corrected chi connectivity index (χ0v) is 13.5. The summed E-state index contributed by atoms with van der Waals surface area (Å²) in [5.74, 6) is -0.855. The molecule has 2 N–H and O–H groups in total. The van der Waals surface area contributed by atoms with Crippen LogP contribution in [0.1, 0.15) is 11.1 Å². The third-order valence-electron chi connectivity index (χ3n) is 3.33. The van der Waals surface area contributed by atoms with E-state index in [2.05, 4.69) is 21.2 Å². The van der Waals surface area contributed by atoms with Crippen LogP contribution in [-0.2, 0) is 9.59 Å². The number of ether oxygens (including phenoxy) is 1. The first-order chi connectivity index (χ1) is 11.0. The molecule has 116 valence electrons. The van der Waals surface area contributed by atoms with Crippen LogP contribution in [0.25, 0.3) is 11.6 Å². The fourth-order valence-electron chi connectivity index (χ4n) is 2.34. The molecule has 0 aromatic heterocycles. The van der Waals surface area contributed by atoms with Crippen LogP contribution in [0.4, 0.5) is 5.69 Å². The van der Waals surface area contributed by atoms with Crippen LogP contribution in [0.3, 0.4) is 0 Å². The number of nitrogens with one attached hydrogen (secondary N) is 1. The van der Waals surface area contributed by atoms with Crippen molar-refractivity contribution in [1.29, 1.82) is 0 Å². The summed E-state index contributed by atoms with van der Waals surface area (Å²) in [6.07, 6.45) is 1.70. The van der Waals surface area contributed by atoms with Crippen molar-refractivity contribution in [2.45, 2.75) is 0 Å². The lowest BCUT2D eigenvalue weighted by Crippen LogP contribution is -2.10. The number of halogens is 1. The Kier molecular flexibility index (Phi) is 4.16. The maximum Gasteiger partial charge on any atom is 0.341 e. The molecule has 0 aliphatic carbocycles. The zero-order valence-electron chi connectivity index (χ0n) is 11.9. The summed E-state index contributed by atoms with van der Waals surface area (Å²) in [6, 6.07) is 12.6. The van der Waals surface area contributed by atoms with Crippen molar-refractivity contribution in [3.63, 3.8) is 0 Å². The number of carboxylic acid groups (broad SMARTS) is 1. The van der Waals surface area contributed by atoms with Crippen LogP contribution in [0.5, 0.6) is 5.75 Å². The van der Waals surface area contributed by atoms with E-state index in [4.69, 9.17) is 9.84 Å². The minimum atomic E-state index is -1.06. The van der Waals surface area contributed by atoms with Gasteiger partial charge in [0.25, 0.3) is 5.91 Å². The normalized spacial score (nSPS) is 14.5. The maximum atomic E-state index is 12.2. The van der Waals surface area contributed by atoms with Crippen LogP contribution in [-0.4, -0.2) is 23.6 Å². The van der Waals surface area contributed by atoms with Gasteiger partial charge in [-0.3, -0.25) is 4.79 Å². The van der Waals surface area contributed by atoms with Gasteiger partial charge in [-0.15, -0.1) is 0 Å². The Morgan fingerprint density at radius 2 is 2.04 bits per heavy atom. The van der Waals surface area contributed by atoms with Crippen LogP contribution < -0.4 is 10.1 Å². The van der Waals surface area contributed by atoms with E-state index in [1.165, 1.54) is 0 Å². The molecular weight excluding hydrogens is 362 g/mol. The highest BCUT2D eigenvalue weighted by molar-refractivity contribution is 9.10. The summed E-state index contributed by atoms with van der Waals surface area (Å²) in [4.78, 5) is 22.9. The van der Waals surface area contributed by atoms with Crippen molar-refractivity contribution in [3.8, 4) is 5.75 Å². The highest BCUT2D eigenvalue weighted by atomic mass is 79.9. The Bertz CT molecular complexity index is 829. The lowest BCUT2D eigenvalue weighted by atomic mass is 10.0. The number of anilines is 1. The molecule has 0 saturated carbocycles. The van der Waals surface area contributed by atoms with Gasteiger partial charge in [0.1, 0.15) is 5.75 Å². The van der Waals surface area contributed by atoms with Crippen LogP contribution in [0, 0.1) is 0 Å². The van der Waals surface area contributed by atoms with Crippen LogP contribution in [0.15, 0.2) is 46.9 Å². The van der Waals surface area contributed by atoms with Gasteiger partial charge < -0.3 is 15.2 Å². The van der Waals surface area contributed by atoms with Gasteiger partial charge >= 0.3 is 5.97 Å². The highest BCUT2D eigenvalue weighted by Crippen LogP contribution is 2.35. The van der Waals surface area contributed by atoms with E-state index in [-0.39, 0.29) is 5.91 Å². The first-order valence-electron chi connectivity index (χ1n) is 6.81. The predicted octanol–water partition coefficient (Wildman–Crippen LogP) is 3.41. The molecule has 0 bridgehead atoms. The zero-order chi connectivity index (χ0) is 16.4. The summed E-state index contributed by atoms with van der Waals surface area (Å²) in [7, 11) is 0. The molecule has 0 fully saturated rings.